The van der Waals surface area contributed by atoms with E-state index in [1.54, 1.807) is 39.0 Å². The Morgan fingerprint density at radius 2 is 2.04 bits per heavy atom. The minimum Gasteiger partial charge on any atom is -0.444 e. The van der Waals surface area contributed by atoms with Crippen LogP contribution in [0.2, 0.25) is 0 Å². The normalized spacial score (nSPS) is 12.5. The maximum absolute atomic E-state index is 12.1. The number of thiazole rings is 1. The smallest absolute Gasteiger partial charge is 0.408 e. The minimum absolute atomic E-state index is 0.345. The lowest BCUT2D eigenvalue weighted by Crippen LogP contribution is -2.43. The van der Waals surface area contributed by atoms with E-state index >= 15 is 0 Å². The van der Waals surface area contributed by atoms with Gasteiger partial charge < -0.3 is 15.4 Å². The zero-order valence-electron chi connectivity index (χ0n) is 13.4. The van der Waals surface area contributed by atoms with E-state index in [0.717, 1.165) is 10.6 Å². The summed E-state index contributed by atoms with van der Waals surface area (Å²) in [7, 11) is 0. The molecule has 1 unspecified atom stereocenters. The molecule has 23 heavy (non-hydrogen) atoms. The summed E-state index contributed by atoms with van der Waals surface area (Å²) in [5.74, 6) is -0.345. The first kappa shape index (κ1) is 17.4. The highest BCUT2D eigenvalue weighted by atomic mass is 32.1. The zero-order chi connectivity index (χ0) is 17.0. The van der Waals surface area contributed by atoms with Crippen molar-refractivity contribution in [2.75, 3.05) is 5.32 Å². The molecule has 0 aliphatic carbocycles. The van der Waals surface area contributed by atoms with Crippen LogP contribution in [0.4, 0.5) is 9.93 Å². The van der Waals surface area contributed by atoms with Crippen molar-refractivity contribution < 1.29 is 14.3 Å². The van der Waals surface area contributed by atoms with E-state index in [4.69, 9.17) is 4.74 Å². The molecular formula is C15H19N3O3S2. The van der Waals surface area contributed by atoms with E-state index in [1.807, 2.05) is 22.9 Å². The average molecular weight is 353 g/mol. The van der Waals surface area contributed by atoms with E-state index in [-0.39, 0.29) is 5.91 Å². The number of carbonyl (C=O) groups excluding carboxylic acids is 2. The van der Waals surface area contributed by atoms with Crippen molar-refractivity contribution in [3.63, 3.8) is 0 Å². The van der Waals surface area contributed by atoms with Gasteiger partial charge in [-0.2, -0.15) is 0 Å². The Morgan fingerprint density at radius 3 is 2.65 bits per heavy atom. The molecule has 1 atom stereocenters. The molecule has 0 saturated heterocycles. The lowest BCUT2D eigenvalue weighted by atomic mass is 10.2. The third kappa shape index (κ3) is 5.33. The number of alkyl carbamates (subject to hydrolysis) is 1. The number of anilines is 1. The molecule has 0 spiro atoms. The molecule has 0 fully saturated rings. The van der Waals surface area contributed by atoms with Gasteiger partial charge in [0, 0.05) is 5.38 Å². The standard InChI is InChI=1S/C15H19N3O3S2/c1-9(16-14(20)21-15(2,3)4)12(19)18-13-17-10(8-23-13)11-6-5-7-22-11/h5-9H,1-4H3,(H,16,20)(H,17,18,19). The Bertz CT molecular complexity index is 674. The molecule has 0 aliphatic heterocycles. The Hall–Kier alpha value is -1.93. The Balaban J connectivity index is 1.90. The molecule has 0 aromatic carbocycles. The fourth-order valence-corrected chi connectivity index (χ4v) is 3.11. The van der Waals surface area contributed by atoms with Crippen LogP contribution in [-0.4, -0.2) is 28.6 Å². The van der Waals surface area contributed by atoms with E-state index in [0.29, 0.717) is 5.13 Å². The monoisotopic (exact) mass is 353 g/mol. The predicted octanol–water partition coefficient (Wildman–Crippen LogP) is 3.72. The molecule has 2 amide bonds. The zero-order valence-corrected chi connectivity index (χ0v) is 15.0. The number of rotatable bonds is 4. The van der Waals surface area contributed by atoms with Crippen molar-refractivity contribution in [3.05, 3.63) is 22.9 Å². The maximum Gasteiger partial charge on any atom is 0.408 e. The minimum atomic E-state index is -0.723. The largest absolute Gasteiger partial charge is 0.444 e. The lowest BCUT2D eigenvalue weighted by molar-refractivity contribution is -0.117. The molecule has 6 nitrogen and oxygen atoms in total. The second-order valence-corrected chi connectivity index (χ2v) is 7.68. The van der Waals surface area contributed by atoms with Gasteiger partial charge in [0.05, 0.1) is 10.6 Å². The summed E-state index contributed by atoms with van der Waals surface area (Å²) < 4.78 is 5.12. The molecule has 2 aromatic rings. The number of amides is 2. The number of aromatic nitrogens is 1. The number of carbonyl (C=O) groups is 2. The van der Waals surface area contributed by atoms with Gasteiger partial charge in [0.2, 0.25) is 5.91 Å². The number of nitrogens with one attached hydrogen (secondary N) is 2. The molecule has 2 rings (SSSR count). The number of ether oxygens (including phenoxy) is 1. The Kier molecular flexibility index (Phi) is 5.38. The number of nitrogens with zero attached hydrogens (tertiary/aromatic N) is 1. The van der Waals surface area contributed by atoms with E-state index in [9.17, 15) is 9.59 Å². The van der Waals surface area contributed by atoms with E-state index in [1.165, 1.54) is 11.3 Å². The van der Waals surface area contributed by atoms with Gasteiger partial charge in [-0.25, -0.2) is 9.78 Å². The highest BCUT2D eigenvalue weighted by Gasteiger charge is 2.21. The first-order chi connectivity index (χ1) is 10.7. The third-order valence-corrected chi connectivity index (χ3v) is 4.28. The van der Waals surface area contributed by atoms with Gasteiger partial charge in [-0.3, -0.25) is 4.79 Å². The van der Waals surface area contributed by atoms with Crippen molar-refractivity contribution in [1.29, 1.82) is 0 Å². The number of hydrogen-bond donors (Lipinski definition) is 2. The molecule has 0 aliphatic rings. The number of hydrogen-bond acceptors (Lipinski definition) is 6. The van der Waals surface area contributed by atoms with Crippen LogP contribution in [0.3, 0.4) is 0 Å². The van der Waals surface area contributed by atoms with Gasteiger partial charge >= 0.3 is 6.09 Å². The average Bonchev–Trinajstić information content (AvgIpc) is 3.05. The molecule has 124 valence electrons. The summed E-state index contributed by atoms with van der Waals surface area (Å²) in [6, 6.07) is 3.20. The highest BCUT2D eigenvalue weighted by molar-refractivity contribution is 7.16. The van der Waals surface area contributed by atoms with Crippen LogP contribution in [-0.2, 0) is 9.53 Å². The molecule has 8 heteroatoms. The van der Waals surface area contributed by atoms with Gasteiger partial charge in [-0.1, -0.05) is 6.07 Å². The van der Waals surface area contributed by atoms with Crippen molar-refractivity contribution >= 4 is 39.8 Å². The quantitative estimate of drug-likeness (QED) is 0.878. The van der Waals surface area contributed by atoms with Gasteiger partial charge in [0.25, 0.3) is 0 Å². The summed E-state index contributed by atoms with van der Waals surface area (Å²) >= 11 is 2.93. The van der Waals surface area contributed by atoms with Gasteiger partial charge in [0.1, 0.15) is 11.6 Å². The van der Waals surface area contributed by atoms with Crippen molar-refractivity contribution in [1.82, 2.24) is 10.3 Å². The van der Waals surface area contributed by atoms with E-state index in [2.05, 4.69) is 15.6 Å². The van der Waals surface area contributed by atoms with Crippen molar-refractivity contribution in [2.45, 2.75) is 39.3 Å². The molecule has 0 bridgehead atoms. The summed E-state index contributed by atoms with van der Waals surface area (Å²) in [5.41, 5.74) is 0.221. The highest BCUT2D eigenvalue weighted by Crippen LogP contribution is 2.28. The molecule has 0 saturated carbocycles. The fourth-order valence-electron chi connectivity index (χ4n) is 1.63. The molecule has 0 radical (unpaired) electrons. The van der Waals surface area contributed by atoms with Crippen LogP contribution in [0.5, 0.6) is 0 Å². The van der Waals surface area contributed by atoms with Gasteiger partial charge in [0.15, 0.2) is 5.13 Å². The first-order valence-electron chi connectivity index (χ1n) is 7.04. The molecular weight excluding hydrogens is 334 g/mol. The van der Waals surface area contributed by atoms with Crippen LogP contribution in [0, 0.1) is 0 Å². The summed E-state index contributed by atoms with van der Waals surface area (Å²) in [4.78, 5) is 29.2. The van der Waals surface area contributed by atoms with Crippen LogP contribution in [0.15, 0.2) is 22.9 Å². The summed E-state index contributed by atoms with van der Waals surface area (Å²) in [6.45, 7) is 6.88. The fraction of sp³-hybridized carbons (Fsp3) is 0.400. The third-order valence-electron chi connectivity index (χ3n) is 2.63. The second kappa shape index (κ2) is 7.10. The summed E-state index contributed by atoms with van der Waals surface area (Å²) in [5, 5.41) is 9.54. The lowest BCUT2D eigenvalue weighted by Gasteiger charge is -2.21. The van der Waals surface area contributed by atoms with Crippen molar-refractivity contribution in [2.24, 2.45) is 0 Å². The molecule has 2 N–H and O–H groups in total. The van der Waals surface area contributed by atoms with Crippen molar-refractivity contribution in [3.8, 4) is 10.6 Å². The van der Waals surface area contributed by atoms with Gasteiger partial charge in [-0.15, -0.1) is 22.7 Å². The Labute approximate surface area is 142 Å². The van der Waals surface area contributed by atoms with E-state index < -0.39 is 17.7 Å². The Morgan fingerprint density at radius 1 is 1.30 bits per heavy atom. The number of thiophene rings is 1. The first-order valence-corrected chi connectivity index (χ1v) is 8.80. The van der Waals surface area contributed by atoms with Crippen LogP contribution in [0.1, 0.15) is 27.7 Å². The predicted molar refractivity (Wildman–Crippen MR) is 92.9 cm³/mol. The summed E-state index contributed by atoms with van der Waals surface area (Å²) in [6.07, 6.45) is -0.626. The van der Waals surface area contributed by atoms with Crippen LogP contribution in [0.25, 0.3) is 10.6 Å². The topological polar surface area (TPSA) is 80.3 Å². The van der Waals surface area contributed by atoms with Crippen LogP contribution >= 0.6 is 22.7 Å². The van der Waals surface area contributed by atoms with Gasteiger partial charge in [-0.05, 0) is 39.1 Å². The molecule has 2 heterocycles. The van der Waals surface area contributed by atoms with Crippen LogP contribution < -0.4 is 10.6 Å². The second-order valence-electron chi connectivity index (χ2n) is 5.87. The molecule has 2 aromatic heterocycles. The maximum atomic E-state index is 12.1. The SMILES string of the molecule is CC(NC(=O)OC(C)(C)C)C(=O)Nc1nc(-c2cccs2)cs1.